The molecule has 1 saturated heterocycles. The summed E-state index contributed by atoms with van der Waals surface area (Å²) >= 11 is 0. The Balaban J connectivity index is 2.28. The molecule has 0 aromatic carbocycles. The number of nitrogens with zero attached hydrogens (tertiary/aromatic N) is 3. The molecule has 7 heteroatoms. The lowest BCUT2D eigenvalue weighted by molar-refractivity contribution is -0.204. The van der Waals surface area contributed by atoms with Crippen LogP contribution in [0, 0.1) is 6.92 Å². The van der Waals surface area contributed by atoms with Gasteiger partial charge < -0.3 is 20.1 Å². The van der Waals surface area contributed by atoms with Crippen LogP contribution < -0.4 is 0 Å². The zero-order valence-electron chi connectivity index (χ0n) is 10.8. The minimum atomic E-state index is -1.05. The summed E-state index contributed by atoms with van der Waals surface area (Å²) in [5, 5.41) is 37.5. The molecule has 1 aromatic rings. The summed E-state index contributed by atoms with van der Waals surface area (Å²) < 4.78 is 6.90. The van der Waals surface area contributed by atoms with Gasteiger partial charge >= 0.3 is 0 Å². The first kappa shape index (κ1) is 14.1. The molecule has 1 fully saturated rings. The van der Waals surface area contributed by atoms with Gasteiger partial charge in [-0.05, 0) is 13.3 Å². The second-order valence-corrected chi connectivity index (χ2v) is 4.73. The molecule has 0 aliphatic carbocycles. The van der Waals surface area contributed by atoms with Crippen LogP contribution in [-0.4, -0.2) is 61.3 Å². The summed E-state index contributed by atoms with van der Waals surface area (Å²) in [6, 6.07) is -0.697. The van der Waals surface area contributed by atoms with Crippen LogP contribution in [0.4, 0.5) is 0 Å². The normalized spacial score (nSPS) is 35.3. The summed E-state index contributed by atoms with van der Waals surface area (Å²) in [5.74, 6) is 0. The molecule has 0 amide bonds. The van der Waals surface area contributed by atoms with Crippen molar-refractivity contribution in [3.63, 3.8) is 0 Å². The van der Waals surface area contributed by atoms with Crippen molar-refractivity contribution in [2.24, 2.45) is 0 Å². The zero-order valence-corrected chi connectivity index (χ0v) is 10.8. The molecule has 0 radical (unpaired) electrons. The van der Waals surface area contributed by atoms with E-state index in [9.17, 15) is 15.3 Å². The maximum Gasteiger partial charge on any atom is 0.111 e. The smallest absolute Gasteiger partial charge is 0.111 e. The molecule has 0 bridgehead atoms. The molecule has 1 aliphatic heterocycles. The molecule has 3 N–H and O–H groups in total. The van der Waals surface area contributed by atoms with E-state index in [1.807, 2.05) is 0 Å². The van der Waals surface area contributed by atoms with Crippen molar-refractivity contribution in [1.29, 1.82) is 0 Å². The monoisotopic (exact) mass is 269 g/mol. The third kappa shape index (κ3) is 2.69. The van der Waals surface area contributed by atoms with Crippen molar-refractivity contribution in [3.05, 3.63) is 24.5 Å². The highest BCUT2D eigenvalue weighted by Gasteiger charge is 2.45. The minimum Gasteiger partial charge on any atom is -0.394 e. The van der Waals surface area contributed by atoms with Crippen LogP contribution in [0.15, 0.2) is 18.9 Å². The van der Waals surface area contributed by atoms with E-state index in [0.717, 1.165) is 0 Å². The third-order valence-electron chi connectivity index (χ3n) is 3.32. The van der Waals surface area contributed by atoms with E-state index in [-0.39, 0.29) is 6.61 Å². The van der Waals surface area contributed by atoms with Gasteiger partial charge in [-0.15, -0.1) is 11.7 Å². The minimum absolute atomic E-state index is 0.328. The van der Waals surface area contributed by atoms with Gasteiger partial charge in [-0.3, -0.25) is 0 Å². The maximum absolute atomic E-state index is 10.3. The molecular formula is C12H19N3O4. The predicted molar refractivity (Wildman–Crippen MR) is 66.4 cm³/mol. The highest BCUT2D eigenvalue weighted by molar-refractivity contribution is 4.99. The quantitative estimate of drug-likeness (QED) is 0.618. The van der Waals surface area contributed by atoms with Crippen LogP contribution in [0.2, 0.25) is 0 Å². The molecule has 0 spiro atoms. The van der Waals surface area contributed by atoms with Crippen LogP contribution >= 0.6 is 0 Å². The molecule has 0 saturated carbocycles. The van der Waals surface area contributed by atoms with Crippen molar-refractivity contribution in [2.45, 2.75) is 43.8 Å². The van der Waals surface area contributed by atoms with Gasteiger partial charge in [0.2, 0.25) is 0 Å². The number of rotatable bonds is 4. The SMILES string of the molecule is C=CC[C@H]1O[C@H](CO)[C@H](O)[C@H](n2cc(C)nn2)[C@H]1O. The predicted octanol–water partition coefficient (Wildman–Crippen LogP) is -0.815. The Kier molecular flexibility index (Phi) is 4.31. The average molecular weight is 269 g/mol. The van der Waals surface area contributed by atoms with Gasteiger partial charge in [-0.1, -0.05) is 11.3 Å². The molecule has 2 rings (SSSR count). The number of aryl methyl sites for hydroxylation is 1. The van der Waals surface area contributed by atoms with Gasteiger partial charge in [-0.2, -0.15) is 0 Å². The van der Waals surface area contributed by atoms with Gasteiger partial charge in [0.15, 0.2) is 0 Å². The summed E-state index contributed by atoms with van der Waals surface area (Å²) in [4.78, 5) is 0. The Morgan fingerprint density at radius 2 is 2.11 bits per heavy atom. The van der Waals surface area contributed by atoms with Gasteiger partial charge in [0.05, 0.1) is 18.4 Å². The molecule has 0 unspecified atom stereocenters. The number of hydrogen-bond donors (Lipinski definition) is 3. The highest BCUT2D eigenvalue weighted by Crippen LogP contribution is 2.31. The summed E-state index contributed by atoms with van der Waals surface area (Å²) in [7, 11) is 0. The number of aliphatic hydroxyl groups is 3. The summed E-state index contributed by atoms with van der Waals surface area (Å²) in [5.41, 5.74) is 0.687. The molecular weight excluding hydrogens is 250 g/mol. The number of ether oxygens (including phenoxy) is 1. The Morgan fingerprint density at radius 1 is 1.42 bits per heavy atom. The Hall–Kier alpha value is -1.28. The standard InChI is InChI=1S/C12H19N3O4/c1-3-4-8-11(17)10(12(18)9(6-16)19-8)15-5-7(2)13-14-15/h3,5,8-12,16-18H,1,4,6H2,2H3/t8-,9-,10-,11+,12+/m1/s1. The van der Waals surface area contributed by atoms with Gasteiger partial charge in [0.25, 0.3) is 0 Å². The van der Waals surface area contributed by atoms with Crippen LogP contribution in [0.25, 0.3) is 0 Å². The molecule has 7 nitrogen and oxygen atoms in total. The van der Waals surface area contributed by atoms with Crippen LogP contribution in [0.1, 0.15) is 18.2 Å². The largest absolute Gasteiger partial charge is 0.394 e. The molecule has 1 aliphatic rings. The Morgan fingerprint density at radius 3 is 2.63 bits per heavy atom. The highest BCUT2D eigenvalue weighted by atomic mass is 16.5. The summed E-state index contributed by atoms with van der Waals surface area (Å²) in [6.45, 7) is 5.05. The first-order chi connectivity index (χ1) is 9.08. The molecule has 1 aromatic heterocycles. The van der Waals surface area contributed by atoms with Crippen molar-refractivity contribution < 1.29 is 20.1 Å². The zero-order chi connectivity index (χ0) is 14.0. The van der Waals surface area contributed by atoms with Gasteiger partial charge in [0, 0.05) is 6.20 Å². The van der Waals surface area contributed by atoms with E-state index >= 15 is 0 Å². The molecule has 106 valence electrons. The van der Waals surface area contributed by atoms with Crippen molar-refractivity contribution in [2.75, 3.05) is 6.61 Å². The first-order valence-corrected chi connectivity index (χ1v) is 6.20. The third-order valence-corrected chi connectivity index (χ3v) is 3.32. The van der Waals surface area contributed by atoms with E-state index in [2.05, 4.69) is 16.9 Å². The fourth-order valence-electron chi connectivity index (χ4n) is 2.36. The number of hydrogen-bond acceptors (Lipinski definition) is 6. The lowest BCUT2D eigenvalue weighted by Gasteiger charge is -2.42. The lowest BCUT2D eigenvalue weighted by atomic mass is 9.91. The summed E-state index contributed by atoms with van der Waals surface area (Å²) in [6.07, 6.45) is 0.398. The van der Waals surface area contributed by atoms with E-state index in [1.165, 1.54) is 4.68 Å². The molecule has 5 atom stereocenters. The second kappa shape index (κ2) is 5.79. The van der Waals surface area contributed by atoms with Crippen LogP contribution in [0.3, 0.4) is 0 Å². The lowest BCUT2D eigenvalue weighted by Crippen LogP contribution is -2.55. The van der Waals surface area contributed by atoms with Crippen LogP contribution in [-0.2, 0) is 4.74 Å². The van der Waals surface area contributed by atoms with Crippen molar-refractivity contribution in [3.8, 4) is 0 Å². The average Bonchev–Trinajstić information content (AvgIpc) is 2.79. The van der Waals surface area contributed by atoms with E-state index in [4.69, 9.17) is 4.74 Å². The van der Waals surface area contributed by atoms with Crippen LogP contribution in [0.5, 0.6) is 0 Å². The number of aliphatic hydroxyl groups excluding tert-OH is 3. The number of aromatic nitrogens is 3. The fourth-order valence-corrected chi connectivity index (χ4v) is 2.36. The molecule has 19 heavy (non-hydrogen) atoms. The maximum atomic E-state index is 10.3. The first-order valence-electron chi connectivity index (χ1n) is 6.20. The fraction of sp³-hybridized carbons (Fsp3) is 0.667. The van der Waals surface area contributed by atoms with Gasteiger partial charge in [0.1, 0.15) is 24.4 Å². The van der Waals surface area contributed by atoms with Crippen molar-refractivity contribution >= 4 is 0 Å². The Bertz CT molecular complexity index is 436. The topological polar surface area (TPSA) is 101 Å². The second-order valence-electron chi connectivity index (χ2n) is 4.73. The van der Waals surface area contributed by atoms with Crippen molar-refractivity contribution in [1.82, 2.24) is 15.0 Å². The van der Waals surface area contributed by atoms with E-state index < -0.39 is 30.5 Å². The molecule has 2 heterocycles. The Labute approximate surface area is 111 Å². The van der Waals surface area contributed by atoms with E-state index in [0.29, 0.717) is 12.1 Å². The van der Waals surface area contributed by atoms with E-state index in [1.54, 1.807) is 19.2 Å². The van der Waals surface area contributed by atoms with Gasteiger partial charge in [-0.25, -0.2) is 4.68 Å².